The van der Waals surface area contributed by atoms with Crippen LogP contribution in [0.5, 0.6) is 0 Å². The van der Waals surface area contributed by atoms with Crippen molar-refractivity contribution >= 4 is 21.8 Å². The highest BCUT2D eigenvalue weighted by molar-refractivity contribution is 7.85. The smallest absolute Gasteiger partial charge is 0.321 e. The molecule has 10 heteroatoms. The van der Waals surface area contributed by atoms with Crippen molar-refractivity contribution < 1.29 is 30.9 Å². The summed E-state index contributed by atoms with van der Waals surface area (Å²) in [6.45, 7) is 0. The number of anilines is 1. The first-order valence-electron chi connectivity index (χ1n) is 4.75. The first-order chi connectivity index (χ1) is 8.58. The van der Waals surface area contributed by atoms with Gasteiger partial charge in [-0.1, -0.05) is 0 Å². The standard InChI is InChI=1S/C9H9F3N2O4S/c10-9(11,12)6-1-3-7(4-2-6)14-8(15)13-5-19(16,17)18/h1-4H,5H2,(H2,13,14,15)(H,16,17,18). The molecule has 0 atom stereocenters. The second-order valence-electron chi connectivity index (χ2n) is 3.43. The normalized spacial score (nSPS) is 12.0. The third-order valence-corrected chi connectivity index (χ3v) is 2.39. The summed E-state index contributed by atoms with van der Waals surface area (Å²) in [6, 6.07) is 2.57. The molecule has 0 saturated heterocycles. The number of rotatable bonds is 3. The molecule has 0 aromatic heterocycles. The molecule has 1 aromatic rings. The number of halogens is 3. The topological polar surface area (TPSA) is 95.5 Å². The monoisotopic (exact) mass is 298 g/mol. The van der Waals surface area contributed by atoms with Crippen molar-refractivity contribution in [2.75, 3.05) is 11.2 Å². The number of carbonyl (C=O) groups is 1. The molecule has 0 aliphatic rings. The van der Waals surface area contributed by atoms with Crippen LogP contribution in [0.25, 0.3) is 0 Å². The maximum Gasteiger partial charge on any atom is 0.416 e. The minimum atomic E-state index is -4.48. The van der Waals surface area contributed by atoms with E-state index in [0.29, 0.717) is 0 Å². The Morgan fingerprint density at radius 1 is 1.21 bits per heavy atom. The second kappa shape index (κ2) is 5.45. The molecule has 3 N–H and O–H groups in total. The zero-order valence-corrected chi connectivity index (χ0v) is 10.0. The predicted molar refractivity (Wildman–Crippen MR) is 60.0 cm³/mol. The van der Waals surface area contributed by atoms with E-state index in [4.69, 9.17) is 4.55 Å². The van der Waals surface area contributed by atoms with Gasteiger partial charge in [0.1, 0.15) is 5.88 Å². The third kappa shape index (κ3) is 5.57. The van der Waals surface area contributed by atoms with Gasteiger partial charge in [0.05, 0.1) is 5.56 Å². The summed E-state index contributed by atoms with van der Waals surface area (Å²) in [6.07, 6.45) is -4.48. The summed E-state index contributed by atoms with van der Waals surface area (Å²) in [5.41, 5.74) is -0.836. The van der Waals surface area contributed by atoms with E-state index in [1.165, 1.54) is 0 Å². The summed E-state index contributed by atoms with van der Waals surface area (Å²) in [5, 5.41) is 3.91. The van der Waals surface area contributed by atoms with Gasteiger partial charge in [0.2, 0.25) is 0 Å². The van der Waals surface area contributed by atoms with Crippen LogP contribution in [0.2, 0.25) is 0 Å². The van der Waals surface area contributed by atoms with E-state index in [1.54, 1.807) is 5.32 Å². The van der Waals surface area contributed by atoms with Crippen molar-refractivity contribution in [1.82, 2.24) is 5.32 Å². The van der Waals surface area contributed by atoms with Crippen LogP contribution in [0, 0.1) is 0 Å². The van der Waals surface area contributed by atoms with Crippen LogP contribution in [-0.4, -0.2) is 24.9 Å². The number of hydrogen-bond donors (Lipinski definition) is 3. The van der Waals surface area contributed by atoms with Crippen molar-refractivity contribution in [2.45, 2.75) is 6.18 Å². The number of carbonyl (C=O) groups excluding carboxylic acids is 1. The highest BCUT2D eigenvalue weighted by atomic mass is 32.2. The van der Waals surface area contributed by atoms with E-state index in [1.807, 2.05) is 0 Å². The average Bonchev–Trinajstić information content (AvgIpc) is 2.25. The van der Waals surface area contributed by atoms with Crippen LogP contribution >= 0.6 is 0 Å². The molecule has 0 aliphatic heterocycles. The lowest BCUT2D eigenvalue weighted by Crippen LogP contribution is -2.33. The summed E-state index contributed by atoms with van der Waals surface area (Å²) in [4.78, 5) is 11.1. The maximum absolute atomic E-state index is 12.2. The van der Waals surface area contributed by atoms with Gasteiger partial charge in [-0.2, -0.15) is 21.6 Å². The lowest BCUT2D eigenvalue weighted by atomic mass is 10.2. The number of amides is 2. The van der Waals surface area contributed by atoms with Gasteiger partial charge in [0.25, 0.3) is 10.1 Å². The van der Waals surface area contributed by atoms with Crippen LogP contribution in [0.4, 0.5) is 23.7 Å². The molecule has 106 valence electrons. The van der Waals surface area contributed by atoms with Crippen LogP contribution < -0.4 is 10.6 Å². The summed E-state index contributed by atoms with van der Waals surface area (Å²) in [5.74, 6) is -1.00. The van der Waals surface area contributed by atoms with Crippen molar-refractivity contribution in [3.05, 3.63) is 29.8 Å². The Morgan fingerprint density at radius 3 is 2.16 bits per heavy atom. The second-order valence-corrected chi connectivity index (χ2v) is 4.88. The molecule has 0 radical (unpaired) electrons. The Balaban J connectivity index is 2.61. The number of hydrogen-bond acceptors (Lipinski definition) is 3. The van der Waals surface area contributed by atoms with E-state index in [9.17, 15) is 26.4 Å². The van der Waals surface area contributed by atoms with Crippen molar-refractivity contribution in [2.24, 2.45) is 0 Å². The molecule has 2 amide bonds. The van der Waals surface area contributed by atoms with E-state index >= 15 is 0 Å². The zero-order valence-electron chi connectivity index (χ0n) is 9.23. The van der Waals surface area contributed by atoms with E-state index < -0.39 is 33.8 Å². The number of alkyl halides is 3. The molecular weight excluding hydrogens is 289 g/mol. The molecular formula is C9H9F3N2O4S. The molecule has 0 bridgehead atoms. The highest BCUT2D eigenvalue weighted by Crippen LogP contribution is 2.29. The van der Waals surface area contributed by atoms with E-state index in [2.05, 4.69) is 5.32 Å². The van der Waals surface area contributed by atoms with E-state index in [-0.39, 0.29) is 5.69 Å². The van der Waals surface area contributed by atoms with Gasteiger partial charge in [0, 0.05) is 5.69 Å². The van der Waals surface area contributed by atoms with Gasteiger partial charge in [-0.25, -0.2) is 4.79 Å². The molecule has 1 aromatic carbocycles. The fraction of sp³-hybridized carbons (Fsp3) is 0.222. The van der Waals surface area contributed by atoms with Gasteiger partial charge in [-0.15, -0.1) is 0 Å². The lowest BCUT2D eigenvalue weighted by molar-refractivity contribution is -0.137. The summed E-state index contributed by atoms with van der Waals surface area (Å²) < 4.78 is 65.7. The van der Waals surface area contributed by atoms with Crippen LogP contribution in [0.15, 0.2) is 24.3 Å². The van der Waals surface area contributed by atoms with Gasteiger partial charge >= 0.3 is 12.2 Å². The van der Waals surface area contributed by atoms with Gasteiger partial charge in [-0.3, -0.25) is 4.55 Å². The minimum absolute atomic E-state index is 0.0424. The summed E-state index contributed by atoms with van der Waals surface area (Å²) in [7, 11) is -4.36. The Labute approximate surface area is 106 Å². The largest absolute Gasteiger partial charge is 0.416 e. The lowest BCUT2D eigenvalue weighted by Gasteiger charge is -2.09. The maximum atomic E-state index is 12.2. The van der Waals surface area contributed by atoms with Crippen molar-refractivity contribution in [3.8, 4) is 0 Å². The predicted octanol–water partition coefficient (Wildman–Crippen LogP) is 1.67. The van der Waals surface area contributed by atoms with Crippen LogP contribution in [-0.2, 0) is 16.3 Å². The molecule has 0 spiro atoms. The van der Waals surface area contributed by atoms with Gasteiger partial charge in [0.15, 0.2) is 0 Å². The molecule has 1 rings (SSSR count). The first kappa shape index (κ1) is 15.2. The SMILES string of the molecule is O=C(NCS(=O)(=O)O)Nc1ccc(C(F)(F)F)cc1. The highest BCUT2D eigenvalue weighted by Gasteiger charge is 2.29. The first-order valence-corrected chi connectivity index (χ1v) is 6.36. The van der Waals surface area contributed by atoms with E-state index in [0.717, 1.165) is 24.3 Å². The van der Waals surface area contributed by atoms with Crippen molar-refractivity contribution in [1.29, 1.82) is 0 Å². The molecule has 0 saturated carbocycles. The molecule has 6 nitrogen and oxygen atoms in total. The molecule has 0 aliphatic carbocycles. The van der Waals surface area contributed by atoms with Crippen LogP contribution in [0.3, 0.4) is 0 Å². The molecule has 19 heavy (non-hydrogen) atoms. The zero-order chi connectivity index (χ0) is 14.7. The average molecular weight is 298 g/mol. The van der Waals surface area contributed by atoms with Gasteiger partial charge < -0.3 is 10.6 Å². The fourth-order valence-electron chi connectivity index (χ4n) is 1.07. The minimum Gasteiger partial charge on any atom is -0.321 e. The number of urea groups is 1. The Morgan fingerprint density at radius 2 is 1.74 bits per heavy atom. The fourth-order valence-corrected chi connectivity index (χ4v) is 1.39. The quantitative estimate of drug-likeness (QED) is 0.740. The molecule has 0 unspecified atom stereocenters. The van der Waals surface area contributed by atoms with Gasteiger partial charge in [-0.05, 0) is 24.3 Å². The molecule has 0 fully saturated rings. The van der Waals surface area contributed by atoms with Crippen LogP contribution in [0.1, 0.15) is 5.56 Å². The Kier molecular flexibility index (Phi) is 4.37. The Bertz CT molecular complexity index is 554. The van der Waals surface area contributed by atoms with Crippen molar-refractivity contribution in [3.63, 3.8) is 0 Å². The number of nitrogens with one attached hydrogen (secondary N) is 2. The summed E-state index contributed by atoms with van der Waals surface area (Å²) >= 11 is 0. The Hall–Kier alpha value is -1.81. The third-order valence-electron chi connectivity index (χ3n) is 1.89. The molecule has 0 heterocycles. The number of benzene rings is 1.